The molecule has 4 N–H and O–H groups in total. The number of ether oxygens (including phenoxy) is 4. The molecule has 2 heterocycles. The number of carbonyl (C=O) groups is 2. The number of halogens is 3. The van der Waals surface area contributed by atoms with E-state index >= 15 is 0 Å². The molecule has 0 saturated heterocycles. The predicted molar refractivity (Wildman–Crippen MR) is 232 cm³/mol. The van der Waals surface area contributed by atoms with Crippen LogP contribution in [0.1, 0.15) is 67.2 Å². The molecule has 1 saturated carbocycles. The van der Waals surface area contributed by atoms with Crippen LogP contribution in [0.25, 0.3) is 10.9 Å². The van der Waals surface area contributed by atoms with E-state index < -0.39 is 12.7 Å². The normalized spacial score (nSPS) is 15.3. The molecule has 1 aliphatic rings. The highest BCUT2D eigenvalue weighted by molar-refractivity contribution is 5.95. The fourth-order valence-corrected chi connectivity index (χ4v) is 7.03. The van der Waals surface area contributed by atoms with Crippen LogP contribution in [0.15, 0.2) is 48.7 Å². The first-order chi connectivity index (χ1) is 29.8. The summed E-state index contributed by atoms with van der Waals surface area (Å²) in [5.74, 6) is 6.31. The number of nitrogens with zero attached hydrogens (tertiary/aromatic N) is 5. The molecule has 0 aliphatic heterocycles. The van der Waals surface area contributed by atoms with Gasteiger partial charge in [-0.1, -0.05) is 31.0 Å². The molecule has 0 unspecified atom stereocenters. The third kappa shape index (κ3) is 14.9. The third-order valence-electron chi connectivity index (χ3n) is 10.3. The summed E-state index contributed by atoms with van der Waals surface area (Å²) in [5, 5.41) is 21.8. The van der Waals surface area contributed by atoms with Crippen LogP contribution in [-0.4, -0.2) is 135 Å². The van der Waals surface area contributed by atoms with Gasteiger partial charge in [-0.05, 0) is 73.9 Å². The van der Waals surface area contributed by atoms with Crippen molar-refractivity contribution in [2.45, 2.75) is 76.8 Å². The molecule has 15 nitrogen and oxygen atoms in total. The average molecular weight is 868 g/mol. The van der Waals surface area contributed by atoms with E-state index in [0.29, 0.717) is 80.1 Å². The van der Waals surface area contributed by atoms with Crippen molar-refractivity contribution in [1.29, 1.82) is 0 Å². The summed E-state index contributed by atoms with van der Waals surface area (Å²) in [6.07, 6.45) is 1.08. The highest BCUT2D eigenvalue weighted by Crippen LogP contribution is 2.32. The van der Waals surface area contributed by atoms with Crippen LogP contribution < -0.4 is 26.0 Å². The Morgan fingerprint density at radius 3 is 2.27 bits per heavy atom. The molecule has 2 amide bonds. The Morgan fingerprint density at radius 1 is 0.919 bits per heavy atom. The second-order valence-corrected chi connectivity index (χ2v) is 15.6. The van der Waals surface area contributed by atoms with Gasteiger partial charge in [0.25, 0.3) is 5.91 Å². The molecule has 1 aliphatic carbocycles. The minimum absolute atomic E-state index is 0.116. The van der Waals surface area contributed by atoms with E-state index in [1.807, 2.05) is 19.9 Å². The highest BCUT2D eigenvalue weighted by atomic mass is 19.4. The van der Waals surface area contributed by atoms with Gasteiger partial charge in [-0.15, -0.1) is 5.10 Å². The molecule has 62 heavy (non-hydrogen) atoms. The summed E-state index contributed by atoms with van der Waals surface area (Å²) in [5.41, 5.74) is 3.42. The maximum Gasteiger partial charge on any atom is 0.406 e. The van der Waals surface area contributed by atoms with Crippen LogP contribution in [0.5, 0.6) is 5.75 Å². The summed E-state index contributed by atoms with van der Waals surface area (Å²) >= 11 is 0. The minimum atomic E-state index is -4.44. The zero-order valence-electron chi connectivity index (χ0n) is 36.3. The van der Waals surface area contributed by atoms with Gasteiger partial charge in [0.1, 0.15) is 18.8 Å². The first-order valence-electron chi connectivity index (χ1n) is 21.0. The number of methoxy groups -OCH3 is 1. The number of carbonyl (C=O) groups excluding carboxylic acids is 2. The molecule has 2 aromatic heterocycles. The largest absolute Gasteiger partial charge is 0.495 e. The Hall–Kier alpha value is -5.35. The molecule has 0 bridgehead atoms. The number of rotatable bonds is 23. The van der Waals surface area contributed by atoms with Crippen LogP contribution in [0, 0.1) is 11.8 Å². The number of hydrogen-bond donors (Lipinski definition) is 4. The third-order valence-corrected chi connectivity index (χ3v) is 10.3. The SMILES string of the molecule is COc1cc(C(=O)N(C)C)ccc1NCC#Cc1cc2c(NC3CCC(NCCOCCOCCOCCNC(=O)Cn4cc(C(C)C)nn4)CC3)cccc2n1CC(F)(F)F. The first kappa shape index (κ1) is 47.7. The monoisotopic (exact) mass is 867 g/mol. The lowest BCUT2D eigenvalue weighted by molar-refractivity contribution is -0.140. The topological polar surface area (TPSA) is 158 Å². The molecule has 1 fully saturated rings. The van der Waals surface area contributed by atoms with E-state index in [1.54, 1.807) is 56.7 Å². The van der Waals surface area contributed by atoms with E-state index in [9.17, 15) is 22.8 Å². The van der Waals surface area contributed by atoms with Crippen LogP contribution in [0.4, 0.5) is 24.5 Å². The fourth-order valence-electron chi connectivity index (χ4n) is 7.03. The van der Waals surface area contributed by atoms with Crippen LogP contribution in [0.3, 0.4) is 0 Å². The zero-order chi connectivity index (χ0) is 44.5. The zero-order valence-corrected chi connectivity index (χ0v) is 36.3. The van der Waals surface area contributed by atoms with E-state index in [2.05, 4.69) is 43.4 Å². The Morgan fingerprint density at radius 2 is 1.61 bits per heavy atom. The smallest absolute Gasteiger partial charge is 0.406 e. The number of anilines is 2. The van der Waals surface area contributed by atoms with Crippen molar-refractivity contribution in [3.8, 4) is 17.6 Å². The Bertz CT molecular complexity index is 2100. The number of hydrogen-bond acceptors (Lipinski definition) is 11. The maximum atomic E-state index is 13.8. The Labute approximate surface area is 361 Å². The van der Waals surface area contributed by atoms with Crippen molar-refractivity contribution in [2.75, 3.05) is 91.1 Å². The van der Waals surface area contributed by atoms with Gasteiger partial charge in [0.2, 0.25) is 5.91 Å². The molecule has 338 valence electrons. The average Bonchev–Trinajstić information content (AvgIpc) is 3.85. The summed E-state index contributed by atoms with van der Waals surface area (Å²) in [4.78, 5) is 25.9. The van der Waals surface area contributed by atoms with Crippen molar-refractivity contribution < 1.29 is 41.7 Å². The van der Waals surface area contributed by atoms with E-state index in [1.165, 1.54) is 21.3 Å². The minimum Gasteiger partial charge on any atom is -0.495 e. The van der Waals surface area contributed by atoms with Gasteiger partial charge in [-0.25, -0.2) is 4.68 Å². The number of aromatic nitrogens is 4. The quantitative estimate of drug-likeness (QED) is 0.0569. The number of nitrogens with one attached hydrogen (secondary N) is 4. The standard InChI is InChI=1S/C44H60F3N9O6/c1-31(2)39-28-55(53-52-39)29-42(57)50-19-21-61-23-25-62-24-22-60-20-18-48-33-12-14-34(15-13-33)51-37-9-6-10-40-36(37)27-35(56(40)30-44(45,46)47)8-7-17-49-38-16-11-32(26-41(38)59-5)43(58)54(3)4/h6,9-11,16,26-28,31,33-34,48-49,51H,12-15,17-25,29-30H2,1-5H3,(H,50,57). The lowest BCUT2D eigenvalue weighted by atomic mass is 9.91. The first-order valence-corrected chi connectivity index (χ1v) is 21.0. The summed E-state index contributed by atoms with van der Waals surface area (Å²) in [6, 6.07) is 12.6. The fraction of sp³-hybridized carbons (Fsp3) is 0.545. The van der Waals surface area contributed by atoms with Crippen LogP contribution in [0.2, 0.25) is 0 Å². The maximum absolute atomic E-state index is 13.8. The summed E-state index contributed by atoms with van der Waals surface area (Å²) < 4.78 is 66.4. The van der Waals surface area contributed by atoms with Crippen molar-refractivity contribution in [3.63, 3.8) is 0 Å². The Kier molecular flexibility index (Phi) is 18.3. The molecule has 18 heteroatoms. The number of benzene rings is 2. The molecule has 5 rings (SSSR count). The van der Waals surface area contributed by atoms with Gasteiger partial charge in [0.15, 0.2) is 0 Å². The summed E-state index contributed by atoms with van der Waals surface area (Å²) in [7, 11) is 4.83. The molecular formula is C44H60F3N9O6. The molecule has 0 spiro atoms. The second kappa shape index (κ2) is 23.8. The lowest BCUT2D eigenvalue weighted by Crippen LogP contribution is -2.38. The molecular weight excluding hydrogens is 808 g/mol. The Balaban J connectivity index is 0.977. The van der Waals surface area contributed by atoms with Crippen molar-refractivity contribution >= 4 is 34.1 Å². The molecule has 4 aromatic rings. The number of amides is 2. The van der Waals surface area contributed by atoms with Gasteiger partial charge in [0, 0.05) is 62.1 Å². The molecule has 2 aromatic carbocycles. The molecule has 0 radical (unpaired) electrons. The van der Waals surface area contributed by atoms with E-state index in [-0.39, 0.29) is 42.6 Å². The van der Waals surface area contributed by atoms with Gasteiger partial charge >= 0.3 is 6.18 Å². The highest BCUT2D eigenvalue weighted by Gasteiger charge is 2.30. The van der Waals surface area contributed by atoms with Crippen LogP contribution in [-0.2, 0) is 32.1 Å². The lowest BCUT2D eigenvalue weighted by Gasteiger charge is -2.30. The van der Waals surface area contributed by atoms with Gasteiger partial charge in [0.05, 0.1) is 75.9 Å². The van der Waals surface area contributed by atoms with Gasteiger partial charge in [-0.2, -0.15) is 13.2 Å². The van der Waals surface area contributed by atoms with Crippen molar-refractivity contribution in [1.82, 2.24) is 35.1 Å². The van der Waals surface area contributed by atoms with E-state index in [4.69, 9.17) is 18.9 Å². The predicted octanol–water partition coefficient (Wildman–Crippen LogP) is 5.27. The van der Waals surface area contributed by atoms with Crippen molar-refractivity contribution in [3.05, 3.63) is 65.6 Å². The van der Waals surface area contributed by atoms with Gasteiger partial charge in [-0.3, -0.25) is 9.59 Å². The van der Waals surface area contributed by atoms with Gasteiger partial charge < -0.3 is 49.7 Å². The number of alkyl halides is 3. The van der Waals surface area contributed by atoms with Crippen molar-refractivity contribution in [2.24, 2.45) is 0 Å². The molecule has 0 atom stereocenters. The number of fused-ring (bicyclic) bond motifs is 1. The van der Waals surface area contributed by atoms with E-state index in [0.717, 1.165) is 43.6 Å². The second-order valence-electron chi connectivity index (χ2n) is 15.6. The van der Waals surface area contributed by atoms with Crippen LogP contribution >= 0.6 is 0 Å². The summed E-state index contributed by atoms with van der Waals surface area (Å²) in [6.45, 7) is 6.97.